The molecule has 5 rings (SSSR count). The van der Waals surface area contributed by atoms with E-state index in [1.165, 1.54) is 11.3 Å². The molecule has 1 aliphatic rings. The molecule has 2 heterocycles. The number of anilines is 2. The topological polar surface area (TPSA) is 75.2 Å². The van der Waals surface area contributed by atoms with Gasteiger partial charge < -0.3 is 4.90 Å². The molecule has 39 heavy (non-hydrogen) atoms. The number of aromatic nitrogens is 2. The second-order valence-electron chi connectivity index (χ2n) is 9.28. The van der Waals surface area contributed by atoms with Crippen LogP contribution in [0, 0.1) is 23.3 Å². The third-order valence-electron chi connectivity index (χ3n) is 6.74. The molecule has 2 aromatic carbocycles. The standard InChI is InChI=1S/C27H24F4N4O2S2/c1-35(18-5-3-2-4-6-18)27-33-25(26(38-27)16-11-13-32-14-12-16)23-20(30)9-10-21(24(23)31)34-39(36,37)22-15-17(28)7-8-19(22)29/h7-15,18,34H,2-6H2,1H3. The molecule has 4 aromatic rings. The van der Waals surface area contributed by atoms with Gasteiger partial charge in [0.1, 0.15) is 22.3 Å². The van der Waals surface area contributed by atoms with Gasteiger partial charge in [0.15, 0.2) is 10.9 Å². The van der Waals surface area contributed by atoms with Gasteiger partial charge in [-0.3, -0.25) is 9.71 Å². The van der Waals surface area contributed by atoms with Crippen LogP contribution in [0.2, 0.25) is 0 Å². The largest absolute Gasteiger partial charge is 0.348 e. The van der Waals surface area contributed by atoms with Crippen LogP contribution >= 0.6 is 11.3 Å². The molecule has 1 fully saturated rings. The second kappa shape index (κ2) is 10.9. The van der Waals surface area contributed by atoms with Crippen molar-refractivity contribution in [3.8, 4) is 21.7 Å². The molecule has 0 amide bonds. The summed E-state index contributed by atoms with van der Waals surface area (Å²) in [6.45, 7) is 0. The number of nitrogens with zero attached hydrogens (tertiary/aromatic N) is 3. The minimum atomic E-state index is -4.75. The van der Waals surface area contributed by atoms with Gasteiger partial charge in [-0.25, -0.2) is 31.0 Å². The Bertz CT molecular complexity index is 1610. The number of benzene rings is 2. The first kappa shape index (κ1) is 27.1. The Morgan fingerprint density at radius 3 is 2.36 bits per heavy atom. The first-order valence-corrected chi connectivity index (χ1v) is 14.6. The number of rotatable bonds is 7. The Hall–Kier alpha value is -3.51. The van der Waals surface area contributed by atoms with Crippen LogP contribution in [-0.2, 0) is 10.0 Å². The molecule has 0 spiro atoms. The van der Waals surface area contributed by atoms with Crippen molar-refractivity contribution in [2.45, 2.75) is 43.0 Å². The van der Waals surface area contributed by atoms with Crippen LogP contribution in [-0.4, -0.2) is 31.5 Å². The van der Waals surface area contributed by atoms with Gasteiger partial charge in [0.25, 0.3) is 10.0 Å². The number of hydrogen-bond donors (Lipinski definition) is 1. The maximum Gasteiger partial charge on any atom is 0.265 e. The van der Waals surface area contributed by atoms with Crippen molar-refractivity contribution in [2.24, 2.45) is 0 Å². The van der Waals surface area contributed by atoms with Crippen LogP contribution in [0.5, 0.6) is 0 Å². The zero-order chi connectivity index (χ0) is 27.7. The molecule has 0 aliphatic heterocycles. The van der Waals surface area contributed by atoms with Gasteiger partial charge >= 0.3 is 0 Å². The fourth-order valence-electron chi connectivity index (χ4n) is 4.68. The molecule has 2 aromatic heterocycles. The molecule has 1 aliphatic carbocycles. The smallest absolute Gasteiger partial charge is 0.265 e. The van der Waals surface area contributed by atoms with E-state index in [0.29, 0.717) is 27.7 Å². The lowest BCUT2D eigenvalue weighted by Gasteiger charge is -2.30. The number of nitrogens with one attached hydrogen (secondary N) is 1. The predicted octanol–water partition coefficient (Wildman–Crippen LogP) is 7.00. The molecule has 1 saturated carbocycles. The van der Waals surface area contributed by atoms with Crippen molar-refractivity contribution in [3.63, 3.8) is 0 Å². The van der Waals surface area contributed by atoms with Crippen LogP contribution in [0.4, 0.5) is 28.4 Å². The van der Waals surface area contributed by atoms with Crippen molar-refractivity contribution < 1.29 is 26.0 Å². The minimum absolute atomic E-state index is 0.00292. The molecule has 204 valence electrons. The van der Waals surface area contributed by atoms with E-state index < -0.39 is 49.4 Å². The fourth-order valence-corrected chi connectivity index (χ4v) is 6.94. The molecular formula is C27H24F4N4O2S2. The zero-order valence-corrected chi connectivity index (χ0v) is 22.4. The summed E-state index contributed by atoms with van der Waals surface area (Å²) in [6.07, 6.45) is 8.39. The van der Waals surface area contributed by atoms with E-state index >= 15 is 8.78 Å². The van der Waals surface area contributed by atoms with Crippen LogP contribution in [0.1, 0.15) is 32.1 Å². The first-order valence-electron chi connectivity index (χ1n) is 12.3. The maximum absolute atomic E-state index is 15.9. The molecule has 1 N–H and O–H groups in total. The van der Waals surface area contributed by atoms with E-state index in [-0.39, 0.29) is 11.7 Å². The van der Waals surface area contributed by atoms with Gasteiger partial charge in [0, 0.05) is 25.5 Å². The molecule has 12 heteroatoms. The van der Waals surface area contributed by atoms with Crippen molar-refractivity contribution in [1.82, 2.24) is 9.97 Å². The third kappa shape index (κ3) is 5.48. The van der Waals surface area contributed by atoms with Gasteiger partial charge in [0.05, 0.1) is 21.8 Å². The van der Waals surface area contributed by atoms with Crippen LogP contribution in [0.15, 0.2) is 59.8 Å². The summed E-state index contributed by atoms with van der Waals surface area (Å²) in [5, 5.41) is 0.565. The Morgan fingerprint density at radius 2 is 1.64 bits per heavy atom. The molecule has 0 saturated heterocycles. The molecule has 0 unspecified atom stereocenters. The Labute approximate surface area is 227 Å². The summed E-state index contributed by atoms with van der Waals surface area (Å²) in [5.74, 6) is -4.40. The monoisotopic (exact) mass is 576 g/mol. The number of thiazole rings is 1. The summed E-state index contributed by atoms with van der Waals surface area (Å²) in [6, 6.07) is 7.29. The lowest BCUT2D eigenvalue weighted by atomic mass is 9.95. The van der Waals surface area contributed by atoms with E-state index in [4.69, 9.17) is 0 Å². The van der Waals surface area contributed by atoms with E-state index in [2.05, 4.69) is 9.97 Å². The third-order valence-corrected chi connectivity index (χ3v) is 9.31. The summed E-state index contributed by atoms with van der Waals surface area (Å²) >= 11 is 1.27. The van der Waals surface area contributed by atoms with Crippen LogP contribution < -0.4 is 9.62 Å². The molecule has 0 radical (unpaired) electrons. The summed E-state index contributed by atoms with van der Waals surface area (Å²) in [7, 11) is -2.85. The minimum Gasteiger partial charge on any atom is -0.348 e. The van der Waals surface area contributed by atoms with E-state index in [9.17, 15) is 17.2 Å². The summed E-state index contributed by atoms with van der Waals surface area (Å²) < 4.78 is 86.6. The van der Waals surface area contributed by atoms with Crippen molar-refractivity contribution in [2.75, 3.05) is 16.7 Å². The van der Waals surface area contributed by atoms with Gasteiger partial charge in [-0.1, -0.05) is 30.6 Å². The average Bonchev–Trinajstić information content (AvgIpc) is 3.37. The van der Waals surface area contributed by atoms with Crippen LogP contribution in [0.3, 0.4) is 0 Å². The highest BCUT2D eigenvalue weighted by Crippen LogP contribution is 2.44. The van der Waals surface area contributed by atoms with Gasteiger partial charge in [-0.15, -0.1) is 0 Å². The molecule has 0 atom stereocenters. The maximum atomic E-state index is 15.9. The zero-order valence-electron chi connectivity index (χ0n) is 20.8. The quantitative estimate of drug-likeness (QED) is 0.240. The molecule has 0 bridgehead atoms. The highest BCUT2D eigenvalue weighted by Gasteiger charge is 2.29. The van der Waals surface area contributed by atoms with Crippen LogP contribution in [0.25, 0.3) is 21.7 Å². The van der Waals surface area contributed by atoms with Crippen molar-refractivity contribution >= 4 is 32.2 Å². The Kier molecular flexibility index (Phi) is 7.59. The summed E-state index contributed by atoms with van der Waals surface area (Å²) in [4.78, 5) is 10.1. The summed E-state index contributed by atoms with van der Waals surface area (Å²) in [5.41, 5.74) is -0.545. The highest BCUT2D eigenvalue weighted by molar-refractivity contribution is 7.92. The lowest BCUT2D eigenvalue weighted by Crippen LogP contribution is -2.33. The normalized spacial score (nSPS) is 14.4. The first-order chi connectivity index (χ1) is 18.7. The predicted molar refractivity (Wildman–Crippen MR) is 143 cm³/mol. The fraction of sp³-hybridized carbons (Fsp3) is 0.259. The highest BCUT2D eigenvalue weighted by atomic mass is 32.2. The lowest BCUT2D eigenvalue weighted by molar-refractivity contribution is 0.427. The Balaban J connectivity index is 1.61. The van der Waals surface area contributed by atoms with Gasteiger partial charge in [-0.05, 0) is 60.9 Å². The number of halogens is 4. The number of sulfonamides is 1. The molecule has 6 nitrogen and oxygen atoms in total. The number of pyridine rings is 1. The SMILES string of the molecule is CN(c1nc(-c2c(F)ccc(NS(=O)(=O)c3cc(F)ccc3F)c2F)c(-c2ccncc2)s1)C1CCCCC1. The van der Waals surface area contributed by atoms with E-state index in [1.807, 2.05) is 16.7 Å². The van der Waals surface area contributed by atoms with Crippen molar-refractivity contribution in [3.05, 3.63) is 78.1 Å². The van der Waals surface area contributed by atoms with Gasteiger partial charge in [-0.2, -0.15) is 0 Å². The van der Waals surface area contributed by atoms with Crippen molar-refractivity contribution in [1.29, 1.82) is 0 Å². The number of hydrogen-bond acceptors (Lipinski definition) is 6. The van der Waals surface area contributed by atoms with E-state index in [1.54, 1.807) is 24.5 Å². The van der Waals surface area contributed by atoms with Gasteiger partial charge in [0.2, 0.25) is 0 Å². The second-order valence-corrected chi connectivity index (χ2v) is 11.9. The average molecular weight is 577 g/mol. The Morgan fingerprint density at radius 1 is 0.949 bits per heavy atom. The van der Waals surface area contributed by atoms with E-state index in [0.717, 1.165) is 50.3 Å². The molecular weight excluding hydrogens is 552 g/mol.